The minimum atomic E-state index is 0.182. The van der Waals surface area contributed by atoms with Crippen LogP contribution < -0.4 is 10.1 Å². The summed E-state index contributed by atoms with van der Waals surface area (Å²) in [6.45, 7) is 2.76. The highest BCUT2D eigenvalue weighted by Crippen LogP contribution is 2.14. The van der Waals surface area contributed by atoms with Gasteiger partial charge in [-0.25, -0.2) is 0 Å². The third-order valence-electron chi connectivity index (χ3n) is 1.94. The number of nitrogens with one attached hydrogen (secondary N) is 1. The van der Waals surface area contributed by atoms with Gasteiger partial charge in [0.15, 0.2) is 0 Å². The largest absolute Gasteiger partial charge is 0.495 e. The van der Waals surface area contributed by atoms with Gasteiger partial charge in [-0.1, -0.05) is 0 Å². The number of pyridine rings is 1. The maximum absolute atomic E-state index is 5.11. The topological polar surface area (TPSA) is 43.4 Å². The van der Waals surface area contributed by atoms with E-state index in [2.05, 4.69) is 10.3 Å². The van der Waals surface area contributed by atoms with E-state index in [0.717, 1.165) is 18.0 Å². The second-order valence-corrected chi connectivity index (χ2v) is 3.04. The highest BCUT2D eigenvalue weighted by Gasteiger charge is 2.00. The molecule has 1 N–H and O–H groups in total. The monoisotopic (exact) mass is 196 g/mol. The van der Waals surface area contributed by atoms with Crippen LogP contribution in [0.25, 0.3) is 0 Å². The molecule has 0 saturated heterocycles. The molecule has 0 fully saturated rings. The van der Waals surface area contributed by atoms with Gasteiger partial charge in [0.2, 0.25) is 0 Å². The standard InChI is InChI=1S/C10H16N2O2/c1-8(13-2)5-12-9-4-10(14-3)7-11-6-9/h4,6-8,12H,5H2,1-3H3. The summed E-state index contributed by atoms with van der Waals surface area (Å²) in [6, 6.07) is 1.90. The zero-order valence-corrected chi connectivity index (χ0v) is 8.78. The van der Waals surface area contributed by atoms with Crippen molar-refractivity contribution >= 4 is 5.69 Å². The molecule has 1 unspecified atom stereocenters. The van der Waals surface area contributed by atoms with Crippen molar-refractivity contribution in [3.8, 4) is 5.75 Å². The van der Waals surface area contributed by atoms with Gasteiger partial charge >= 0.3 is 0 Å². The van der Waals surface area contributed by atoms with Gasteiger partial charge in [-0.2, -0.15) is 0 Å². The Morgan fingerprint density at radius 1 is 1.43 bits per heavy atom. The Balaban J connectivity index is 2.50. The third kappa shape index (κ3) is 3.22. The van der Waals surface area contributed by atoms with Crippen molar-refractivity contribution in [1.29, 1.82) is 0 Å². The molecule has 1 aromatic heterocycles. The van der Waals surface area contributed by atoms with Gasteiger partial charge < -0.3 is 14.8 Å². The number of aromatic nitrogens is 1. The number of ether oxygens (including phenoxy) is 2. The van der Waals surface area contributed by atoms with Crippen LogP contribution in [0.15, 0.2) is 18.5 Å². The first-order valence-electron chi connectivity index (χ1n) is 4.52. The van der Waals surface area contributed by atoms with Crippen LogP contribution in [-0.2, 0) is 4.74 Å². The van der Waals surface area contributed by atoms with Crippen molar-refractivity contribution in [1.82, 2.24) is 4.98 Å². The molecule has 0 spiro atoms. The van der Waals surface area contributed by atoms with Gasteiger partial charge in [0, 0.05) is 19.7 Å². The normalized spacial score (nSPS) is 12.2. The Kier molecular flexibility index (Phi) is 4.19. The number of anilines is 1. The third-order valence-corrected chi connectivity index (χ3v) is 1.94. The van der Waals surface area contributed by atoms with E-state index in [1.54, 1.807) is 26.6 Å². The van der Waals surface area contributed by atoms with E-state index in [-0.39, 0.29) is 6.10 Å². The van der Waals surface area contributed by atoms with Crippen molar-refractivity contribution < 1.29 is 9.47 Å². The summed E-state index contributed by atoms with van der Waals surface area (Å²) in [5.41, 5.74) is 0.938. The smallest absolute Gasteiger partial charge is 0.139 e. The first-order chi connectivity index (χ1) is 6.76. The second-order valence-electron chi connectivity index (χ2n) is 3.04. The van der Waals surface area contributed by atoms with Crippen LogP contribution in [-0.4, -0.2) is 31.9 Å². The molecule has 4 heteroatoms. The number of methoxy groups -OCH3 is 2. The van der Waals surface area contributed by atoms with Crippen LogP contribution in [0.1, 0.15) is 6.92 Å². The molecule has 4 nitrogen and oxygen atoms in total. The molecular weight excluding hydrogens is 180 g/mol. The summed E-state index contributed by atoms with van der Waals surface area (Å²) in [6.07, 6.45) is 3.61. The van der Waals surface area contributed by atoms with Gasteiger partial charge in [-0.3, -0.25) is 4.98 Å². The number of nitrogens with zero attached hydrogens (tertiary/aromatic N) is 1. The molecule has 0 saturated carbocycles. The zero-order valence-electron chi connectivity index (χ0n) is 8.78. The molecule has 14 heavy (non-hydrogen) atoms. The minimum absolute atomic E-state index is 0.182. The molecular formula is C10H16N2O2. The average Bonchev–Trinajstić information content (AvgIpc) is 2.26. The molecule has 0 aliphatic heterocycles. The quantitative estimate of drug-likeness (QED) is 0.775. The molecule has 78 valence electrons. The van der Waals surface area contributed by atoms with E-state index in [4.69, 9.17) is 9.47 Å². The van der Waals surface area contributed by atoms with E-state index < -0.39 is 0 Å². The lowest BCUT2D eigenvalue weighted by atomic mass is 10.3. The van der Waals surface area contributed by atoms with Crippen LogP contribution in [0.3, 0.4) is 0 Å². The molecule has 1 aromatic rings. The molecule has 0 aliphatic carbocycles. The molecule has 0 aromatic carbocycles. The SMILES string of the molecule is COc1cncc(NCC(C)OC)c1. The fourth-order valence-corrected chi connectivity index (χ4v) is 0.972. The number of hydrogen-bond donors (Lipinski definition) is 1. The first-order valence-corrected chi connectivity index (χ1v) is 4.52. The Bertz CT molecular complexity index is 279. The van der Waals surface area contributed by atoms with E-state index in [9.17, 15) is 0 Å². The maximum Gasteiger partial charge on any atom is 0.139 e. The van der Waals surface area contributed by atoms with Crippen LogP contribution in [0.4, 0.5) is 5.69 Å². The fourth-order valence-electron chi connectivity index (χ4n) is 0.972. The van der Waals surface area contributed by atoms with Crippen molar-refractivity contribution in [3.63, 3.8) is 0 Å². The molecule has 1 heterocycles. The predicted molar refractivity (Wildman–Crippen MR) is 55.7 cm³/mol. The van der Waals surface area contributed by atoms with Gasteiger partial charge in [-0.15, -0.1) is 0 Å². The molecule has 0 aliphatic rings. The van der Waals surface area contributed by atoms with Gasteiger partial charge in [0.05, 0.1) is 31.3 Å². The van der Waals surface area contributed by atoms with Gasteiger partial charge in [-0.05, 0) is 6.92 Å². The first kappa shape index (κ1) is 10.8. The summed E-state index contributed by atoms with van der Waals surface area (Å²) in [5, 5.41) is 3.20. The van der Waals surface area contributed by atoms with Crippen LogP contribution in [0, 0.1) is 0 Å². The lowest BCUT2D eigenvalue weighted by Crippen LogP contribution is -2.18. The Morgan fingerprint density at radius 2 is 2.21 bits per heavy atom. The Hall–Kier alpha value is -1.29. The van der Waals surface area contributed by atoms with E-state index in [1.165, 1.54) is 0 Å². The summed E-state index contributed by atoms with van der Waals surface area (Å²) >= 11 is 0. The van der Waals surface area contributed by atoms with Crippen molar-refractivity contribution in [3.05, 3.63) is 18.5 Å². The van der Waals surface area contributed by atoms with Gasteiger partial charge in [0.1, 0.15) is 5.75 Å². The number of hydrogen-bond acceptors (Lipinski definition) is 4. The van der Waals surface area contributed by atoms with Crippen LogP contribution in [0.5, 0.6) is 5.75 Å². The molecule has 1 atom stereocenters. The number of rotatable bonds is 5. The molecule has 0 amide bonds. The average molecular weight is 196 g/mol. The van der Waals surface area contributed by atoms with Crippen molar-refractivity contribution in [2.45, 2.75) is 13.0 Å². The van der Waals surface area contributed by atoms with Crippen LogP contribution >= 0.6 is 0 Å². The van der Waals surface area contributed by atoms with Gasteiger partial charge in [0.25, 0.3) is 0 Å². The van der Waals surface area contributed by atoms with Crippen molar-refractivity contribution in [2.24, 2.45) is 0 Å². The Morgan fingerprint density at radius 3 is 2.86 bits per heavy atom. The van der Waals surface area contributed by atoms with Crippen LogP contribution in [0.2, 0.25) is 0 Å². The highest BCUT2D eigenvalue weighted by atomic mass is 16.5. The minimum Gasteiger partial charge on any atom is -0.495 e. The predicted octanol–water partition coefficient (Wildman–Crippen LogP) is 1.54. The lowest BCUT2D eigenvalue weighted by molar-refractivity contribution is 0.129. The molecule has 0 radical (unpaired) electrons. The van der Waals surface area contributed by atoms with Crippen molar-refractivity contribution in [2.75, 3.05) is 26.1 Å². The Labute approximate surface area is 84.3 Å². The van der Waals surface area contributed by atoms with E-state index >= 15 is 0 Å². The summed E-state index contributed by atoms with van der Waals surface area (Å²) in [7, 11) is 3.31. The fraction of sp³-hybridized carbons (Fsp3) is 0.500. The summed E-state index contributed by atoms with van der Waals surface area (Å²) in [4.78, 5) is 4.03. The lowest BCUT2D eigenvalue weighted by Gasteiger charge is -2.11. The summed E-state index contributed by atoms with van der Waals surface area (Å²) in [5.74, 6) is 0.750. The summed E-state index contributed by atoms with van der Waals surface area (Å²) < 4.78 is 10.2. The maximum atomic E-state index is 5.11. The highest BCUT2D eigenvalue weighted by molar-refractivity contribution is 5.45. The van der Waals surface area contributed by atoms with E-state index in [0.29, 0.717) is 0 Å². The van der Waals surface area contributed by atoms with E-state index in [1.807, 2.05) is 13.0 Å². The molecule has 1 rings (SSSR count). The second kappa shape index (κ2) is 5.44. The molecule has 0 bridgehead atoms. The zero-order chi connectivity index (χ0) is 10.4.